The predicted molar refractivity (Wildman–Crippen MR) is 93.1 cm³/mol. The Morgan fingerprint density at radius 1 is 1.36 bits per heavy atom. The maximum Gasteiger partial charge on any atom is 0.252 e. The van der Waals surface area contributed by atoms with Crippen LogP contribution in [0.15, 0.2) is 41.5 Å². The third-order valence-electron chi connectivity index (χ3n) is 4.03. The minimum atomic E-state index is -0.465. The molecule has 2 aromatic heterocycles. The third-order valence-corrected chi connectivity index (χ3v) is 4.03. The number of aromatic amines is 1. The Kier molecular flexibility index (Phi) is 4.92. The topological polar surface area (TPSA) is 79.8 Å². The average molecular weight is 342 g/mol. The van der Waals surface area contributed by atoms with E-state index in [4.69, 9.17) is 0 Å². The van der Waals surface area contributed by atoms with Gasteiger partial charge in [-0.25, -0.2) is 9.37 Å². The van der Waals surface area contributed by atoms with Gasteiger partial charge in [0, 0.05) is 43.4 Å². The van der Waals surface area contributed by atoms with E-state index in [1.165, 1.54) is 24.3 Å². The summed E-state index contributed by atoms with van der Waals surface area (Å²) in [6.45, 7) is 3.27. The number of carbonyl (C=O) groups excluding carboxylic acids is 1. The van der Waals surface area contributed by atoms with Crippen molar-refractivity contribution in [1.29, 1.82) is 0 Å². The lowest BCUT2D eigenvalue weighted by Gasteiger charge is -2.09. The molecule has 2 heterocycles. The Balaban J connectivity index is 1.67. The van der Waals surface area contributed by atoms with Gasteiger partial charge in [-0.15, -0.1) is 0 Å². The molecular weight excluding hydrogens is 323 g/mol. The molecule has 0 aliphatic heterocycles. The monoisotopic (exact) mass is 342 g/mol. The maximum absolute atomic E-state index is 13.3. The van der Waals surface area contributed by atoms with Crippen LogP contribution in [0.25, 0.3) is 10.9 Å². The lowest BCUT2D eigenvalue weighted by atomic mass is 10.1. The van der Waals surface area contributed by atoms with Crippen LogP contribution in [0.2, 0.25) is 0 Å². The zero-order chi connectivity index (χ0) is 17.8. The summed E-state index contributed by atoms with van der Waals surface area (Å²) >= 11 is 0. The van der Waals surface area contributed by atoms with E-state index >= 15 is 0 Å². The highest BCUT2D eigenvalue weighted by atomic mass is 19.1. The van der Waals surface area contributed by atoms with Gasteiger partial charge in [0.2, 0.25) is 5.56 Å². The first-order valence-electron chi connectivity index (χ1n) is 8.19. The molecule has 0 aliphatic rings. The van der Waals surface area contributed by atoms with Gasteiger partial charge in [0.05, 0.1) is 11.1 Å². The molecule has 3 aromatic rings. The predicted octanol–water partition coefficient (Wildman–Crippen LogP) is 2.25. The van der Waals surface area contributed by atoms with Crippen molar-refractivity contribution in [2.45, 2.75) is 26.3 Å². The summed E-state index contributed by atoms with van der Waals surface area (Å²) in [5, 5.41) is 3.33. The largest absolute Gasteiger partial charge is 0.352 e. The van der Waals surface area contributed by atoms with Gasteiger partial charge in [0.1, 0.15) is 11.6 Å². The Morgan fingerprint density at radius 2 is 2.20 bits per heavy atom. The molecule has 2 N–H and O–H groups in total. The summed E-state index contributed by atoms with van der Waals surface area (Å²) in [7, 11) is 0. The number of aryl methyl sites for hydroxylation is 2. The molecule has 0 bridgehead atoms. The summed E-state index contributed by atoms with van der Waals surface area (Å²) in [5.41, 5.74) is 0.119. The van der Waals surface area contributed by atoms with Crippen LogP contribution in [-0.4, -0.2) is 27.0 Å². The van der Waals surface area contributed by atoms with Gasteiger partial charge in [-0.05, 0) is 24.6 Å². The first-order chi connectivity index (χ1) is 12.1. The molecule has 25 heavy (non-hydrogen) atoms. The molecule has 0 atom stereocenters. The third kappa shape index (κ3) is 3.76. The Morgan fingerprint density at radius 3 is 3.00 bits per heavy atom. The number of carbonyl (C=O) groups is 1. The Bertz CT molecular complexity index is 961. The lowest BCUT2D eigenvalue weighted by molar-refractivity contribution is 0.0954. The van der Waals surface area contributed by atoms with E-state index in [9.17, 15) is 14.0 Å². The molecule has 0 radical (unpaired) electrons. The van der Waals surface area contributed by atoms with Crippen molar-refractivity contribution in [3.63, 3.8) is 0 Å². The maximum atomic E-state index is 13.3. The summed E-state index contributed by atoms with van der Waals surface area (Å²) in [6, 6.07) is 5.21. The highest BCUT2D eigenvalue weighted by Gasteiger charge is 2.12. The average Bonchev–Trinajstić information content (AvgIpc) is 3.04. The number of pyridine rings is 1. The van der Waals surface area contributed by atoms with Crippen molar-refractivity contribution in [3.05, 3.63) is 64.2 Å². The van der Waals surface area contributed by atoms with E-state index in [1.807, 2.05) is 13.1 Å². The van der Waals surface area contributed by atoms with Gasteiger partial charge in [-0.2, -0.15) is 0 Å². The minimum absolute atomic E-state index is 0.246. The van der Waals surface area contributed by atoms with E-state index in [1.54, 1.807) is 6.20 Å². The number of nitrogens with one attached hydrogen (secondary N) is 2. The second-order valence-electron chi connectivity index (χ2n) is 5.74. The van der Waals surface area contributed by atoms with Gasteiger partial charge in [0.25, 0.3) is 5.91 Å². The molecular formula is C18H19FN4O2. The number of nitrogens with zero attached hydrogens (tertiary/aromatic N) is 2. The molecule has 130 valence electrons. The van der Waals surface area contributed by atoms with Gasteiger partial charge in [0.15, 0.2) is 0 Å². The number of imidazole rings is 1. The van der Waals surface area contributed by atoms with Crippen LogP contribution in [0, 0.1) is 5.82 Å². The number of halogens is 1. The molecule has 0 fully saturated rings. The van der Waals surface area contributed by atoms with Gasteiger partial charge >= 0.3 is 0 Å². The molecule has 0 spiro atoms. The Labute approximate surface area is 143 Å². The van der Waals surface area contributed by atoms with Crippen molar-refractivity contribution < 1.29 is 9.18 Å². The van der Waals surface area contributed by atoms with E-state index in [-0.39, 0.29) is 11.5 Å². The fourth-order valence-electron chi connectivity index (χ4n) is 2.82. The van der Waals surface area contributed by atoms with Crippen LogP contribution < -0.4 is 10.9 Å². The smallest absolute Gasteiger partial charge is 0.252 e. The number of rotatable bonds is 6. The number of benzene rings is 1. The summed E-state index contributed by atoms with van der Waals surface area (Å²) < 4.78 is 15.4. The van der Waals surface area contributed by atoms with Crippen LogP contribution >= 0.6 is 0 Å². The molecule has 0 saturated carbocycles. The molecule has 1 aromatic carbocycles. The summed E-state index contributed by atoms with van der Waals surface area (Å²) in [5.74, 6) is 0.200. The van der Waals surface area contributed by atoms with Crippen LogP contribution in [0.5, 0.6) is 0 Å². The molecule has 0 unspecified atom stereocenters. The van der Waals surface area contributed by atoms with E-state index in [0.29, 0.717) is 17.4 Å². The van der Waals surface area contributed by atoms with Crippen LogP contribution in [0.1, 0.15) is 29.5 Å². The molecule has 3 rings (SSSR count). The molecule has 0 saturated heterocycles. The SMILES string of the molecule is CCc1nccn1CCCNC(=O)c1cc(=O)[nH]c2cc(F)ccc12. The molecule has 0 aliphatic carbocycles. The van der Waals surface area contributed by atoms with Crippen LogP contribution in [0.3, 0.4) is 0 Å². The van der Waals surface area contributed by atoms with Gasteiger partial charge < -0.3 is 14.9 Å². The standard InChI is InChI=1S/C18H19FN4O2/c1-2-16-20-7-9-23(16)8-3-6-21-18(25)14-11-17(24)22-15-10-12(19)4-5-13(14)15/h4-5,7,9-11H,2-3,6,8H2,1H3,(H,21,25)(H,22,24). The highest BCUT2D eigenvalue weighted by Crippen LogP contribution is 2.16. The fraction of sp³-hybridized carbons (Fsp3) is 0.278. The quantitative estimate of drug-likeness (QED) is 0.674. The molecule has 1 amide bonds. The number of aromatic nitrogens is 3. The number of H-pyrrole nitrogens is 1. The van der Waals surface area contributed by atoms with Crippen molar-refractivity contribution in [1.82, 2.24) is 19.9 Å². The number of fused-ring (bicyclic) bond motifs is 1. The van der Waals surface area contributed by atoms with Crippen molar-refractivity contribution in [2.75, 3.05) is 6.54 Å². The second kappa shape index (κ2) is 7.29. The van der Waals surface area contributed by atoms with Crippen LogP contribution in [-0.2, 0) is 13.0 Å². The first-order valence-corrected chi connectivity index (χ1v) is 8.19. The van der Waals surface area contributed by atoms with Crippen LogP contribution in [0.4, 0.5) is 4.39 Å². The van der Waals surface area contributed by atoms with E-state index < -0.39 is 11.4 Å². The number of amides is 1. The summed E-state index contributed by atoms with van der Waals surface area (Å²) in [4.78, 5) is 30.9. The zero-order valence-electron chi connectivity index (χ0n) is 13.9. The number of hydrogen-bond donors (Lipinski definition) is 2. The Hall–Kier alpha value is -2.96. The van der Waals surface area contributed by atoms with E-state index in [0.717, 1.165) is 25.2 Å². The molecule has 7 heteroatoms. The zero-order valence-corrected chi connectivity index (χ0v) is 13.9. The first kappa shape index (κ1) is 16.9. The van der Waals surface area contributed by atoms with Crippen molar-refractivity contribution in [3.8, 4) is 0 Å². The van der Waals surface area contributed by atoms with Gasteiger partial charge in [-0.1, -0.05) is 6.92 Å². The van der Waals surface area contributed by atoms with Crippen molar-refractivity contribution in [2.24, 2.45) is 0 Å². The normalized spacial score (nSPS) is 11.0. The van der Waals surface area contributed by atoms with E-state index in [2.05, 4.69) is 19.9 Å². The fourth-order valence-corrected chi connectivity index (χ4v) is 2.82. The minimum Gasteiger partial charge on any atom is -0.352 e. The summed E-state index contributed by atoms with van der Waals surface area (Å²) in [6.07, 6.45) is 5.28. The highest BCUT2D eigenvalue weighted by molar-refractivity contribution is 6.05. The second-order valence-corrected chi connectivity index (χ2v) is 5.74. The van der Waals surface area contributed by atoms with Gasteiger partial charge in [-0.3, -0.25) is 9.59 Å². The van der Waals surface area contributed by atoms with Crippen molar-refractivity contribution >= 4 is 16.8 Å². The lowest BCUT2D eigenvalue weighted by Crippen LogP contribution is -2.27. The number of hydrogen-bond acceptors (Lipinski definition) is 3. The molecule has 6 nitrogen and oxygen atoms in total.